The number of hydrogen-bond acceptors (Lipinski definition) is 3. The van der Waals surface area contributed by atoms with E-state index in [4.69, 9.17) is 4.74 Å². The van der Waals surface area contributed by atoms with Crippen molar-refractivity contribution in [1.29, 1.82) is 0 Å². The van der Waals surface area contributed by atoms with Crippen molar-refractivity contribution < 1.29 is 14.6 Å². The first-order chi connectivity index (χ1) is 9.40. The minimum atomic E-state index is -0.724. The van der Waals surface area contributed by atoms with Crippen molar-refractivity contribution in [3.63, 3.8) is 0 Å². The average molecular weight is 394 g/mol. The van der Waals surface area contributed by atoms with E-state index in [1.54, 1.807) is 4.08 Å². The lowest BCUT2D eigenvalue weighted by atomic mass is 9.75. The lowest BCUT2D eigenvalue weighted by Gasteiger charge is -2.37. The number of halogens is 1. The van der Waals surface area contributed by atoms with E-state index in [0.717, 1.165) is 12.8 Å². The Balaban J connectivity index is 2.75. The van der Waals surface area contributed by atoms with E-state index in [1.165, 1.54) is 6.42 Å². The summed E-state index contributed by atoms with van der Waals surface area (Å²) < 4.78 is 7.38. The minimum Gasteiger partial charge on any atom is -0.459 e. The highest BCUT2D eigenvalue weighted by Gasteiger charge is 2.34. The monoisotopic (exact) mass is 394 g/mol. The van der Waals surface area contributed by atoms with Crippen molar-refractivity contribution in [3.05, 3.63) is 9.66 Å². The van der Waals surface area contributed by atoms with Crippen molar-refractivity contribution in [2.45, 2.75) is 65.6 Å². The second-order valence-electron chi connectivity index (χ2n) is 6.26. The Morgan fingerprint density at radius 3 is 2.60 bits per heavy atom. The van der Waals surface area contributed by atoms with Crippen LogP contribution in [0.2, 0.25) is 0 Å². The van der Waals surface area contributed by atoms with E-state index in [0.29, 0.717) is 29.7 Å². The van der Waals surface area contributed by atoms with Crippen LogP contribution in [0.25, 0.3) is 0 Å². The number of hydrogen-bond donors (Lipinski definition) is 1. The number of aliphatic hydroxyl groups is 1. The molecule has 20 heavy (non-hydrogen) atoms. The molecule has 0 aromatic carbocycles. The van der Waals surface area contributed by atoms with Gasteiger partial charge in [0.1, 0.15) is 6.10 Å². The van der Waals surface area contributed by atoms with Crippen molar-refractivity contribution in [2.75, 3.05) is 0 Å². The van der Waals surface area contributed by atoms with Crippen LogP contribution < -0.4 is 0 Å². The van der Waals surface area contributed by atoms with E-state index < -0.39 is 6.10 Å². The third-order valence-electron chi connectivity index (χ3n) is 4.32. The zero-order chi connectivity index (χ0) is 15.3. The van der Waals surface area contributed by atoms with Crippen LogP contribution in [0.3, 0.4) is 0 Å². The van der Waals surface area contributed by atoms with Crippen LogP contribution in [0, 0.1) is 17.8 Å². The number of carbonyl (C=O) groups excluding carboxylic acids is 1. The van der Waals surface area contributed by atoms with Crippen molar-refractivity contribution >= 4 is 28.6 Å². The zero-order valence-corrected chi connectivity index (χ0v) is 15.1. The molecule has 0 aromatic heterocycles. The molecular formula is C16H27IO3. The maximum atomic E-state index is 12.3. The van der Waals surface area contributed by atoms with E-state index in [-0.39, 0.29) is 12.1 Å². The lowest BCUT2D eigenvalue weighted by Crippen LogP contribution is -2.37. The summed E-state index contributed by atoms with van der Waals surface area (Å²) in [5.74, 6) is 1.21. The highest BCUT2D eigenvalue weighted by molar-refractivity contribution is 14.1. The van der Waals surface area contributed by atoms with Crippen LogP contribution in [0.1, 0.15) is 53.4 Å². The van der Waals surface area contributed by atoms with Gasteiger partial charge in [-0.1, -0.05) is 56.7 Å². The van der Waals surface area contributed by atoms with Gasteiger partial charge in [0, 0.05) is 0 Å². The molecule has 0 bridgehead atoms. The van der Waals surface area contributed by atoms with Crippen LogP contribution >= 0.6 is 22.6 Å². The summed E-state index contributed by atoms with van der Waals surface area (Å²) >= 11 is 2.00. The van der Waals surface area contributed by atoms with Crippen LogP contribution in [0.15, 0.2) is 9.66 Å². The number of esters is 1. The number of carbonyl (C=O) groups is 1. The van der Waals surface area contributed by atoms with Gasteiger partial charge in [-0.3, -0.25) is 0 Å². The summed E-state index contributed by atoms with van der Waals surface area (Å²) in [6, 6.07) is 0. The Morgan fingerprint density at radius 2 is 2.10 bits per heavy atom. The molecule has 1 aliphatic carbocycles. The fourth-order valence-electron chi connectivity index (χ4n) is 2.93. The molecule has 1 rings (SSSR count). The van der Waals surface area contributed by atoms with Gasteiger partial charge in [-0.25, -0.2) is 4.79 Å². The fourth-order valence-corrected chi connectivity index (χ4v) is 3.60. The normalized spacial score (nSPS) is 29.4. The van der Waals surface area contributed by atoms with Crippen LogP contribution in [0.5, 0.6) is 0 Å². The Labute approximate surface area is 136 Å². The average Bonchev–Trinajstić information content (AvgIpc) is 2.38. The molecular weight excluding hydrogens is 367 g/mol. The van der Waals surface area contributed by atoms with Gasteiger partial charge in [-0.2, -0.15) is 0 Å². The predicted molar refractivity (Wildman–Crippen MR) is 89.6 cm³/mol. The van der Waals surface area contributed by atoms with Crippen molar-refractivity contribution in [2.24, 2.45) is 17.8 Å². The minimum absolute atomic E-state index is 0.0124. The van der Waals surface area contributed by atoms with Gasteiger partial charge < -0.3 is 9.84 Å². The van der Waals surface area contributed by atoms with Crippen LogP contribution in [-0.4, -0.2) is 23.3 Å². The van der Waals surface area contributed by atoms with Gasteiger partial charge in [0.05, 0.1) is 11.7 Å². The molecule has 0 aromatic rings. The summed E-state index contributed by atoms with van der Waals surface area (Å²) in [4.78, 5) is 12.3. The molecule has 0 aliphatic heterocycles. The van der Waals surface area contributed by atoms with Crippen LogP contribution in [-0.2, 0) is 9.53 Å². The SMILES string of the molecule is CC[C@@H](O)/C(=C/I)C(=O)O[C@@H]1C[C@H](C)CC[C@H]1C(C)C. The standard InChI is InChI=1S/C16H27IO3/c1-5-14(18)13(9-17)16(19)20-15-8-11(4)6-7-12(15)10(2)3/h9-12,14-15,18H,5-8H2,1-4H3/b13-9-/t11-,12+,14-,15-/m1/s1. The maximum absolute atomic E-state index is 12.3. The third-order valence-corrected chi connectivity index (χ3v) is 4.99. The summed E-state index contributed by atoms with van der Waals surface area (Å²) in [5.41, 5.74) is 0.383. The third kappa shape index (κ3) is 4.72. The van der Waals surface area contributed by atoms with Gasteiger partial charge in [-0.05, 0) is 41.1 Å². The van der Waals surface area contributed by atoms with Crippen LogP contribution in [0.4, 0.5) is 0 Å². The number of rotatable bonds is 5. The molecule has 4 atom stereocenters. The molecule has 0 amide bonds. The summed E-state index contributed by atoms with van der Waals surface area (Å²) in [5, 5.41) is 9.87. The molecule has 0 radical (unpaired) electrons. The lowest BCUT2D eigenvalue weighted by molar-refractivity contribution is -0.152. The topological polar surface area (TPSA) is 46.5 Å². The molecule has 4 heteroatoms. The number of ether oxygens (including phenoxy) is 1. The van der Waals surface area contributed by atoms with Gasteiger partial charge >= 0.3 is 5.97 Å². The summed E-state index contributed by atoms with van der Waals surface area (Å²) in [6.07, 6.45) is 3.06. The molecule has 116 valence electrons. The Kier molecular flexibility index (Phi) is 7.51. The zero-order valence-electron chi connectivity index (χ0n) is 12.9. The van der Waals surface area contributed by atoms with Crippen molar-refractivity contribution in [3.8, 4) is 0 Å². The molecule has 1 aliphatic rings. The molecule has 3 nitrogen and oxygen atoms in total. The molecule has 0 heterocycles. The second-order valence-corrected chi connectivity index (χ2v) is 6.88. The first-order valence-corrected chi connectivity index (χ1v) is 8.84. The Morgan fingerprint density at radius 1 is 1.45 bits per heavy atom. The predicted octanol–water partition coefficient (Wildman–Crippen LogP) is 4.08. The molecule has 0 saturated heterocycles. The fraction of sp³-hybridized carbons (Fsp3) is 0.812. The van der Waals surface area contributed by atoms with E-state index in [1.807, 2.05) is 29.5 Å². The Bertz CT molecular complexity index is 352. The van der Waals surface area contributed by atoms with Gasteiger partial charge in [0.15, 0.2) is 0 Å². The van der Waals surface area contributed by atoms with E-state index in [9.17, 15) is 9.90 Å². The first kappa shape index (κ1) is 18.0. The first-order valence-electron chi connectivity index (χ1n) is 7.59. The van der Waals surface area contributed by atoms with Gasteiger partial charge in [-0.15, -0.1) is 0 Å². The maximum Gasteiger partial charge on any atom is 0.337 e. The Hall–Kier alpha value is -0.100. The summed E-state index contributed by atoms with van der Waals surface area (Å²) in [7, 11) is 0. The van der Waals surface area contributed by atoms with E-state index in [2.05, 4.69) is 20.8 Å². The van der Waals surface area contributed by atoms with Gasteiger partial charge in [0.25, 0.3) is 0 Å². The summed E-state index contributed by atoms with van der Waals surface area (Å²) in [6.45, 7) is 8.46. The molecule has 1 N–H and O–H groups in total. The molecule has 0 spiro atoms. The van der Waals surface area contributed by atoms with Gasteiger partial charge in [0.2, 0.25) is 0 Å². The second kappa shape index (κ2) is 8.37. The smallest absolute Gasteiger partial charge is 0.337 e. The van der Waals surface area contributed by atoms with Crippen molar-refractivity contribution in [1.82, 2.24) is 0 Å². The quantitative estimate of drug-likeness (QED) is 0.434. The largest absolute Gasteiger partial charge is 0.459 e. The number of aliphatic hydroxyl groups excluding tert-OH is 1. The molecule has 1 saturated carbocycles. The highest BCUT2D eigenvalue weighted by atomic mass is 127. The molecule has 1 fully saturated rings. The molecule has 0 unspecified atom stereocenters. The van der Waals surface area contributed by atoms with E-state index >= 15 is 0 Å². The highest BCUT2D eigenvalue weighted by Crippen LogP contribution is 2.35.